The molecule has 1 aromatic carbocycles. The van der Waals surface area contributed by atoms with Gasteiger partial charge in [0, 0.05) is 12.6 Å². The molecular formula is C16H14N4O3. The van der Waals surface area contributed by atoms with Crippen LogP contribution < -0.4 is 4.74 Å². The van der Waals surface area contributed by atoms with E-state index < -0.39 is 5.97 Å². The molecule has 7 heteroatoms. The number of carbonyl (C=O) groups is 1. The summed E-state index contributed by atoms with van der Waals surface area (Å²) < 4.78 is 6.90. The predicted molar refractivity (Wildman–Crippen MR) is 81.8 cm³/mol. The fourth-order valence-electron chi connectivity index (χ4n) is 1.98. The molecule has 0 spiro atoms. The van der Waals surface area contributed by atoms with Gasteiger partial charge >= 0.3 is 5.97 Å². The maximum atomic E-state index is 10.8. The quantitative estimate of drug-likeness (QED) is 0.748. The van der Waals surface area contributed by atoms with Gasteiger partial charge in [-0.15, -0.1) is 0 Å². The maximum Gasteiger partial charge on any atom is 0.338 e. The molecular weight excluding hydrogens is 296 g/mol. The standard InChI is InChI=1S/C16H14N4O3/c21-15(22)13-8-19-20(11-13)16-17-9-14(10-18-16)23-7-6-12-4-2-1-3-5-12/h1-5,8-11H,6-7H2,(H,21,22). The number of aromatic nitrogens is 4. The summed E-state index contributed by atoms with van der Waals surface area (Å²) in [6.07, 6.45) is 6.47. The lowest BCUT2D eigenvalue weighted by atomic mass is 10.2. The summed E-state index contributed by atoms with van der Waals surface area (Å²) in [6, 6.07) is 10.0. The number of rotatable bonds is 6. The predicted octanol–water partition coefficient (Wildman–Crippen LogP) is 1.98. The number of carboxylic acids is 1. The second kappa shape index (κ2) is 6.69. The van der Waals surface area contributed by atoms with Crippen molar-refractivity contribution in [3.8, 4) is 11.7 Å². The number of hydrogen-bond acceptors (Lipinski definition) is 5. The van der Waals surface area contributed by atoms with E-state index in [1.54, 1.807) is 0 Å². The first-order valence-electron chi connectivity index (χ1n) is 6.99. The van der Waals surface area contributed by atoms with Crippen molar-refractivity contribution in [1.29, 1.82) is 0 Å². The van der Waals surface area contributed by atoms with Crippen LogP contribution in [0.1, 0.15) is 15.9 Å². The van der Waals surface area contributed by atoms with Crippen molar-refractivity contribution in [2.24, 2.45) is 0 Å². The zero-order valence-corrected chi connectivity index (χ0v) is 12.2. The van der Waals surface area contributed by atoms with Crippen molar-refractivity contribution >= 4 is 5.97 Å². The van der Waals surface area contributed by atoms with Gasteiger partial charge in [-0.05, 0) is 5.56 Å². The second-order valence-corrected chi connectivity index (χ2v) is 4.78. The molecule has 0 aliphatic heterocycles. The van der Waals surface area contributed by atoms with Crippen molar-refractivity contribution in [3.63, 3.8) is 0 Å². The zero-order chi connectivity index (χ0) is 16.1. The van der Waals surface area contributed by atoms with Crippen molar-refractivity contribution < 1.29 is 14.6 Å². The van der Waals surface area contributed by atoms with Crippen LogP contribution in [0, 0.1) is 0 Å². The van der Waals surface area contributed by atoms with Gasteiger partial charge in [0.1, 0.15) is 0 Å². The van der Waals surface area contributed by atoms with Gasteiger partial charge in [-0.3, -0.25) is 0 Å². The second-order valence-electron chi connectivity index (χ2n) is 4.78. The van der Waals surface area contributed by atoms with E-state index in [1.807, 2.05) is 30.3 Å². The van der Waals surface area contributed by atoms with Crippen LogP contribution in [0.5, 0.6) is 5.75 Å². The Balaban J connectivity index is 1.59. The topological polar surface area (TPSA) is 90.1 Å². The molecule has 2 heterocycles. The molecule has 0 aliphatic rings. The van der Waals surface area contributed by atoms with E-state index in [9.17, 15) is 4.79 Å². The van der Waals surface area contributed by atoms with Crippen LogP contribution in [0.25, 0.3) is 5.95 Å². The van der Waals surface area contributed by atoms with Crippen LogP contribution in [0.2, 0.25) is 0 Å². The average Bonchev–Trinajstić information content (AvgIpc) is 3.07. The van der Waals surface area contributed by atoms with Crippen LogP contribution in [0.4, 0.5) is 0 Å². The minimum Gasteiger partial charge on any atom is -0.490 e. The Kier molecular flexibility index (Phi) is 4.28. The summed E-state index contributed by atoms with van der Waals surface area (Å²) in [4.78, 5) is 19.1. The Morgan fingerprint density at radius 1 is 1.13 bits per heavy atom. The lowest BCUT2D eigenvalue weighted by Gasteiger charge is -2.06. The molecule has 0 aliphatic carbocycles. The van der Waals surface area contributed by atoms with Gasteiger partial charge in [-0.25, -0.2) is 19.4 Å². The Bertz CT molecular complexity index is 785. The average molecular weight is 310 g/mol. The van der Waals surface area contributed by atoms with Gasteiger partial charge in [0.05, 0.1) is 30.8 Å². The Morgan fingerprint density at radius 2 is 1.87 bits per heavy atom. The molecule has 0 atom stereocenters. The Labute approximate surface area is 132 Å². The smallest absolute Gasteiger partial charge is 0.338 e. The third-order valence-electron chi connectivity index (χ3n) is 3.15. The molecule has 0 fully saturated rings. The van der Waals surface area contributed by atoms with E-state index in [2.05, 4.69) is 15.1 Å². The third-order valence-corrected chi connectivity index (χ3v) is 3.15. The van der Waals surface area contributed by atoms with Crippen molar-refractivity contribution in [2.45, 2.75) is 6.42 Å². The summed E-state index contributed by atoms with van der Waals surface area (Å²) in [5.74, 6) is -0.208. The Morgan fingerprint density at radius 3 is 2.52 bits per heavy atom. The monoisotopic (exact) mass is 310 g/mol. The number of aromatic carboxylic acids is 1. The van der Waals surface area contributed by atoms with Gasteiger partial charge < -0.3 is 9.84 Å². The third kappa shape index (κ3) is 3.70. The molecule has 23 heavy (non-hydrogen) atoms. The van der Waals surface area contributed by atoms with E-state index >= 15 is 0 Å². The van der Waals surface area contributed by atoms with Gasteiger partial charge in [0.25, 0.3) is 5.95 Å². The SMILES string of the molecule is O=C(O)c1cnn(-c2ncc(OCCc3ccccc3)cn2)c1. The molecule has 0 bridgehead atoms. The minimum absolute atomic E-state index is 0.0804. The first kappa shape index (κ1) is 14.7. The van der Waals surface area contributed by atoms with Gasteiger partial charge in [-0.2, -0.15) is 5.10 Å². The highest BCUT2D eigenvalue weighted by molar-refractivity contribution is 5.86. The van der Waals surface area contributed by atoms with E-state index in [0.29, 0.717) is 12.4 Å². The molecule has 0 unspecified atom stereocenters. The minimum atomic E-state index is -1.04. The molecule has 7 nitrogen and oxygen atoms in total. The lowest BCUT2D eigenvalue weighted by molar-refractivity contribution is 0.0697. The largest absolute Gasteiger partial charge is 0.490 e. The van der Waals surface area contributed by atoms with E-state index in [0.717, 1.165) is 6.42 Å². The van der Waals surface area contributed by atoms with Crippen LogP contribution in [0.15, 0.2) is 55.1 Å². The van der Waals surface area contributed by atoms with Crippen LogP contribution in [-0.4, -0.2) is 37.4 Å². The summed E-state index contributed by atoms with van der Waals surface area (Å²) in [7, 11) is 0. The lowest BCUT2D eigenvalue weighted by Crippen LogP contribution is -2.05. The van der Waals surface area contributed by atoms with Crippen molar-refractivity contribution in [3.05, 3.63) is 66.2 Å². The van der Waals surface area contributed by atoms with E-state index in [-0.39, 0.29) is 11.5 Å². The van der Waals surface area contributed by atoms with E-state index in [4.69, 9.17) is 9.84 Å². The number of carboxylic acid groups (broad SMARTS) is 1. The fourth-order valence-corrected chi connectivity index (χ4v) is 1.98. The zero-order valence-electron chi connectivity index (χ0n) is 12.2. The van der Waals surface area contributed by atoms with Crippen LogP contribution in [0.3, 0.4) is 0 Å². The molecule has 3 aromatic rings. The van der Waals surface area contributed by atoms with Crippen molar-refractivity contribution in [1.82, 2.24) is 19.7 Å². The molecule has 0 amide bonds. The normalized spacial score (nSPS) is 10.4. The molecule has 3 rings (SSSR count). The molecule has 0 saturated carbocycles. The van der Waals surface area contributed by atoms with Crippen LogP contribution >= 0.6 is 0 Å². The fraction of sp³-hybridized carbons (Fsp3) is 0.125. The van der Waals surface area contributed by atoms with Crippen molar-refractivity contribution in [2.75, 3.05) is 6.61 Å². The first-order chi connectivity index (χ1) is 11.2. The highest BCUT2D eigenvalue weighted by atomic mass is 16.5. The summed E-state index contributed by atoms with van der Waals surface area (Å²) in [5, 5.41) is 12.8. The molecule has 0 saturated heterocycles. The van der Waals surface area contributed by atoms with Crippen LogP contribution in [-0.2, 0) is 6.42 Å². The summed E-state index contributed by atoms with van der Waals surface area (Å²) in [5.41, 5.74) is 1.28. The number of benzene rings is 1. The molecule has 1 N–H and O–H groups in total. The van der Waals surface area contributed by atoms with Gasteiger partial charge in [-0.1, -0.05) is 30.3 Å². The van der Waals surface area contributed by atoms with Gasteiger partial charge in [0.2, 0.25) is 0 Å². The first-order valence-corrected chi connectivity index (χ1v) is 6.99. The summed E-state index contributed by atoms with van der Waals surface area (Å²) >= 11 is 0. The highest BCUT2D eigenvalue weighted by Gasteiger charge is 2.08. The number of hydrogen-bond donors (Lipinski definition) is 1. The van der Waals surface area contributed by atoms with E-state index in [1.165, 1.54) is 35.0 Å². The number of nitrogens with zero attached hydrogens (tertiary/aromatic N) is 4. The molecule has 0 radical (unpaired) electrons. The highest BCUT2D eigenvalue weighted by Crippen LogP contribution is 2.10. The maximum absolute atomic E-state index is 10.8. The van der Waals surface area contributed by atoms with Gasteiger partial charge in [0.15, 0.2) is 5.75 Å². The summed E-state index contributed by atoms with van der Waals surface area (Å²) in [6.45, 7) is 0.525. The Hall–Kier alpha value is -3.22. The molecule has 2 aromatic heterocycles. The molecule has 116 valence electrons. The number of ether oxygens (including phenoxy) is 1.